The maximum Gasteiger partial charge on any atom is 0.346 e. The van der Waals surface area contributed by atoms with Crippen molar-refractivity contribution in [2.75, 3.05) is 0 Å². The van der Waals surface area contributed by atoms with Crippen molar-refractivity contribution in [2.45, 2.75) is 72.1 Å². The van der Waals surface area contributed by atoms with Gasteiger partial charge in [-0.05, 0) is 70.8 Å². The molecule has 0 aliphatic heterocycles. The van der Waals surface area contributed by atoms with Gasteiger partial charge in [-0.1, -0.05) is 57.2 Å². The second kappa shape index (κ2) is 11.7. The van der Waals surface area contributed by atoms with Crippen LogP contribution in [-0.4, -0.2) is 9.79 Å². The maximum atomic E-state index is 15.6. The predicted octanol–water partition coefficient (Wildman–Crippen LogP) is 5.62. The molecule has 1 heterocycles. The first kappa shape index (κ1) is 26.7. The minimum Gasteiger partial charge on any atom is -0.379 e. The Morgan fingerprint density at radius 1 is 1.23 bits per heavy atom. The first-order chi connectivity index (χ1) is 16.7. The number of hydrogen-bond acceptors (Lipinski definition) is 1. The van der Waals surface area contributed by atoms with Crippen LogP contribution in [-0.2, 0) is 25.7 Å². The summed E-state index contributed by atoms with van der Waals surface area (Å²) in [6.45, 7) is 8.65. The Morgan fingerprint density at radius 3 is 2.66 bits per heavy atom. The smallest absolute Gasteiger partial charge is 0.346 e. The Bertz CT molecular complexity index is 1160. The van der Waals surface area contributed by atoms with Crippen molar-refractivity contribution < 1.29 is 23.1 Å². The van der Waals surface area contributed by atoms with Crippen molar-refractivity contribution in [1.29, 1.82) is 0 Å². The molecule has 188 valence electrons. The maximum absolute atomic E-state index is 15.6. The van der Waals surface area contributed by atoms with Gasteiger partial charge in [0.05, 0.1) is 0 Å². The highest BCUT2D eigenvalue weighted by Crippen LogP contribution is 2.42. The van der Waals surface area contributed by atoms with E-state index in [1.165, 1.54) is 6.07 Å². The SMILES string of the molecule is CC=Cc1ccc(C(O)(Cn2c[n+](CCC)c[n+]2C)C(C)C2=C(CC)C=CCCC=C2F)c(F)c1. The topological polar surface area (TPSA) is 32.9 Å². The van der Waals surface area contributed by atoms with Crippen LogP contribution in [0.5, 0.6) is 0 Å². The van der Waals surface area contributed by atoms with E-state index in [2.05, 4.69) is 6.92 Å². The largest absolute Gasteiger partial charge is 0.379 e. The molecule has 1 aromatic heterocycles. The summed E-state index contributed by atoms with van der Waals surface area (Å²) in [7, 11) is 1.89. The van der Waals surface area contributed by atoms with E-state index in [-0.39, 0.29) is 17.9 Å². The predicted molar refractivity (Wildman–Crippen MR) is 135 cm³/mol. The molecule has 35 heavy (non-hydrogen) atoms. The van der Waals surface area contributed by atoms with Gasteiger partial charge in [-0.15, -0.1) is 0 Å². The summed E-state index contributed by atoms with van der Waals surface area (Å²) in [5.41, 5.74) is 0.445. The fourth-order valence-electron chi connectivity index (χ4n) is 4.89. The van der Waals surface area contributed by atoms with Crippen molar-refractivity contribution in [3.63, 3.8) is 0 Å². The summed E-state index contributed by atoms with van der Waals surface area (Å²) in [6.07, 6.45) is 16.0. The molecule has 1 aliphatic carbocycles. The van der Waals surface area contributed by atoms with Crippen molar-refractivity contribution >= 4 is 6.08 Å². The van der Waals surface area contributed by atoms with Crippen LogP contribution in [0.15, 0.2) is 72.1 Å². The Labute approximate surface area is 208 Å². The fraction of sp³-hybridized carbons (Fsp3) is 0.448. The van der Waals surface area contributed by atoms with Crippen molar-refractivity contribution in [3.05, 3.63) is 89.1 Å². The molecular formula is C29H39F2N3O+2. The highest BCUT2D eigenvalue weighted by Gasteiger charge is 2.46. The number of nitrogens with zero attached hydrogens (tertiary/aromatic N) is 3. The number of hydrogen-bond donors (Lipinski definition) is 1. The second-order valence-corrected chi connectivity index (χ2v) is 9.35. The number of aryl methyl sites for hydroxylation is 2. The van der Waals surface area contributed by atoms with Gasteiger partial charge in [-0.3, -0.25) is 0 Å². The summed E-state index contributed by atoms with van der Waals surface area (Å²) >= 11 is 0. The quantitative estimate of drug-likeness (QED) is 0.462. The summed E-state index contributed by atoms with van der Waals surface area (Å²) in [4.78, 5) is 0. The fourth-order valence-corrected chi connectivity index (χ4v) is 4.89. The number of rotatable bonds is 9. The van der Waals surface area contributed by atoms with Crippen LogP contribution in [0.2, 0.25) is 0 Å². The zero-order chi connectivity index (χ0) is 25.6. The molecule has 0 amide bonds. The van der Waals surface area contributed by atoms with Crippen LogP contribution in [0.1, 0.15) is 64.5 Å². The van der Waals surface area contributed by atoms with E-state index in [4.69, 9.17) is 0 Å². The lowest BCUT2D eigenvalue weighted by Crippen LogP contribution is -2.47. The van der Waals surface area contributed by atoms with Crippen LogP contribution >= 0.6 is 0 Å². The molecular weight excluding hydrogens is 444 g/mol. The lowest BCUT2D eigenvalue weighted by atomic mass is 9.75. The molecule has 0 saturated heterocycles. The van der Waals surface area contributed by atoms with Gasteiger partial charge in [0.2, 0.25) is 0 Å². The number of halogens is 2. The number of aromatic nitrogens is 3. The van der Waals surface area contributed by atoms with Crippen molar-refractivity contribution in [2.24, 2.45) is 13.0 Å². The van der Waals surface area contributed by atoms with E-state index in [1.807, 2.05) is 71.8 Å². The molecule has 1 N–H and O–H groups in total. The highest BCUT2D eigenvalue weighted by molar-refractivity contribution is 5.51. The highest BCUT2D eigenvalue weighted by atomic mass is 19.1. The zero-order valence-electron chi connectivity index (χ0n) is 21.6. The normalized spacial score (nSPS) is 17.3. The summed E-state index contributed by atoms with van der Waals surface area (Å²) in [5, 5.41) is 12.4. The Kier molecular flexibility index (Phi) is 8.95. The van der Waals surface area contributed by atoms with Gasteiger partial charge in [-0.25, -0.2) is 8.78 Å². The van der Waals surface area contributed by atoms with E-state index in [9.17, 15) is 5.11 Å². The van der Waals surface area contributed by atoms with Crippen LogP contribution in [0.3, 0.4) is 0 Å². The van der Waals surface area contributed by atoms with E-state index >= 15 is 8.78 Å². The summed E-state index contributed by atoms with van der Waals surface area (Å²) in [5.74, 6) is -1.54. The molecule has 0 radical (unpaired) electrons. The van der Waals surface area contributed by atoms with Crippen LogP contribution in [0, 0.1) is 11.7 Å². The molecule has 1 aliphatic rings. The van der Waals surface area contributed by atoms with Gasteiger partial charge >= 0.3 is 12.7 Å². The lowest BCUT2D eigenvalue weighted by Gasteiger charge is -2.34. The molecule has 2 unspecified atom stereocenters. The van der Waals surface area contributed by atoms with Crippen molar-refractivity contribution in [1.82, 2.24) is 4.68 Å². The Morgan fingerprint density at radius 2 is 2.00 bits per heavy atom. The first-order valence-corrected chi connectivity index (χ1v) is 12.6. The standard InChI is InChI=1S/C29H39F2N3O/c1-6-12-23-15-16-25(27(31)18-23)29(35,19-34-21-33(17-7-2)20-32(34)5)22(4)28-24(8-3)13-10-9-11-14-26(28)30/h6,10,12-16,18,20-22,35H,7-9,11,17,19H2,1-5H3/q+2. The van der Waals surface area contributed by atoms with Crippen LogP contribution < -0.4 is 9.25 Å². The van der Waals surface area contributed by atoms with Gasteiger partial charge in [0.15, 0.2) is 6.54 Å². The molecule has 2 atom stereocenters. The average molecular weight is 484 g/mol. The molecule has 4 nitrogen and oxygen atoms in total. The van der Waals surface area contributed by atoms with E-state index in [0.717, 1.165) is 25.0 Å². The van der Waals surface area contributed by atoms with Gasteiger partial charge in [0.25, 0.3) is 0 Å². The second-order valence-electron chi connectivity index (χ2n) is 9.35. The first-order valence-electron chi connectivity index (χ1n) is 12.6. The molecule has 0 fully saturated rings. The lowest BCUT2D eigenvalue weighted by molar-refractivity contribution is -0.814. The molecule has 1 aromatic carbocycles. The Hall–Kier alpha value is -2.86. The van der Waals surface area contributed by atoms with E-state index < -0.39 is 17.3 Å². The molecule has 3 rings (SSSR count). The van der Waals surface area contributed by atoms with Gasteiger partial charge in [0, 0.05) is 11.5 Å². The zero-order valence-corrected chi connectivity index (χ0v) is 21.6. The molecule has 0 saturated carbocycles. The third-order valence-corrected chi connectivity index (χ3v) is 6.82. The molecule has 0 spiro atoms. The number of aliphatic hydroxyl groups is 1. The third-order valence-electron chi connectivity index (χ3n) is 6.82. The summed E-state index contributed by atoms with van der Waals surface area (Å²) in [6, 6.07) is 4.86. The van der Waals surface area contributed by atoms with Gasteiger partial charge in [-0.2, -0.15) is 4.57 Å². The van der Waals surface area contributed by atoms with Crippen LogP contribution in [0.25, 0.3) is 6.08 Å². The molecule has 2 aromatic rings. The minimum atomic E-state index is -1.70. The number of benzene rings is 1. The molecule has 6 heteroatoms. The summed E-state index contributed by atoms with van der Waals surface area (Å²) < 4.78 is 36.9. The third kappa shape index (κ3) is 5.87. The average Bonchev–Trinajstić information content (AvgIpc) is 3.14. The van der Waals surface area contributed by atoms with E-state index in [0.29, 0.717) is 24.0 Å². The van der Waals surface area contributed by atoms with Crippen molar-refractivity contribution in [3.8, 4) is 0 Å². The minimum absolute atomic E-state index is 0.0682. The van der Waals surface area contributed by atoms with Gasteiger partial charge < -0.3 is 5.11 Å². The Balaban J connectivity index is 2.21. The monoisotopic (exact) mass is 483 g/mol. The van der Waals surface area contributed by atoms with E-state index in [1.54, 1.807) is 25.1 Å². The molecule has 0 bridgehead atoms. The van der Waals surface area contributed by atoms with Gasteiger partial charge in [0.1, 0.15) is 30.8 Å². The number of allylic oxidation sites excluding steroid dienone is 6. The van der Waals surface area contributed by atoms with Crippen LogP contribution in [0.4, 0.5) is 8.78 Å².